The van der Waals surface area contributed by atoms with Crippen molar-refractivity contribution in [3.8, 4) is 0 Å². The zero-order chi connectivity index (χ0) is 7.40. The van der Waals surface area contributed by atoms with Crippen molar-refractivity contribution in [3.63, 3.8) is 0 Å². The molecule has 0 nitrogen and oxygen atoms in total. The number of benzene rings is 1. The third kappa shape index (κ3) is 1.63. The molecule has 0 spiro atoms. The lowest BCUT2D eigenvalue weighted by Gasteiger charge is -1.97. The van der Waals surface area contributed by atoms with E-state index in [0.29, 0.717) is 0 Å². The number of hydrogen-bond acceptors (Lipinski definition) is 0. The third-order valence-electron chi connectivity index (χ3n) is 1.72. The fraction of sp³-hybridized carbons (Fsp3) is 0.333. The molecule has 51 valence electrons. The highest BCUT2D eigenvalue weighted by molar-refractivity contribution is 6.51. The molecule has 0 bridgehead atoms. The second-order valence-electron chi connectivity index (χ2n) is 2.38. The topological polar surface area (TPSA) is 0 Å². The minimum Gasteiger partial charge on any atom is -0.0881 e. The molecule has 1 rings (SSSR count). The highest BCUT2D eigenvalue weighted by Gasteiger charge is 1.89. The Morgan fingerprint density at radius 3 is 2.20 bits per heavy atom. The summed E-state index contributed by atoms with van der Waals surface area (Å²) in [6.45, 7) is 4.23. The molecule has 1 aromatic carbocycles. The number of rotatable bonds is 2. The molecule has 1 radical (unpaired) electrons. The van der Waals surface area contributed by atoms with Crippen LogP contribution in [0.4, 0.5) is 0 Å². The average Bonchev–Trinajstić information content (AvgIpc) is 2.05. The summed E-state index contributed by atoms with van der Waals surface area (Å²) in [4.78, 5) is 0. The van der Waals surface area contributed by atoms with Gasteiger partial charge in [0.05, 0.1) is 0 Å². The number of aryl methyl sites for hydroxylation is 1. The fourth-order valence-corrected chi connectivity index (χ4v) is 0.946. The Morgan fingerprint density at radius 1 is 1.20 bits per heavy atom. The van der Waals surface area contributed by atoms with Crippen LogP contribution in [-0.4, -0.2) is 7.28 Å². The van der Waals surface area contributed by atoms with Gasteiger partial charge in [-0.05, 0) is 12.0 Å². The summed E-state index contributed by atoms with van der Waals surface area (Å²) in [5.74, 6) is 0. The minimum absolute atomic E-state index is 1.13. The van der Waals surface area contributed by atoms with E-state index in [4.69, 9.17) is 0 Å². The van der Waals surface area contributed by atoms with E-state index in [2.05, 4.69) is 45.3 Å². The van der Waals surface area contributed by atoms with Crippen molar-refractivity contribution in [3.05, 3.63) is 29.8 Å². The molecule has 0 saturated heterocycles. The Hall–Kier alpha value is -0.715. The van der Waals surface area contributed by atoms with E-state index in [-0.39, 0.29) is 0 Å². The van der Waals surface area contributed by atoms with Crippen LogP contribution in [0.2, 0.25) is 6.82 Å². The summed E-state index contributed by atoms with van der Waals surface area (Å²) in [6, 6.07) is 8.66. The first-order chi connectivity index (χ1) is 4.86. The van der Waals surface area contributed by atoms with E-state index in [1.165, 1.54) is 11.0 Å². The van der Waals surface area contributed by atoms with Crippen LogP contribution >= 0.6 is 0 Å². The van der Waals surface area contributed by atoms with Crippen molar-refractivity contribution in [1.29, 1.82) is 0 Å². The smallest absolute Gasteiger partial charge is 0.0881 e. The molecule has 0 N–H and O–H groups in total. The van der Waals surface area contributed by atoms with Gasteiger partial charge in [-0.25, -0.2) is 0 Å². The summed E-state index contributed by atoms with van der Waals surface area (Å²) in [5.41, 5.74) is 2.71. The van der Waals surface area contributed by atoms with Crippen LogP contribution in [0.15, 0.2) is 24.3 Å². The molecular formula is C9H12B. The zero-order valence-corrected chi connectivity index (χ0v) is 6.59. The van der Waals surface area contributed by atoms with E-state index in [0.717, 1.165) is 6.42 Å². The van der Waals surface area contributed by atoms with Crippen LogP contribution in [0.25, 0.3) is 0 Å². The van der Waals surface area contributed by atoms with E-state index in [1.807, 2.05) is 0 Å². The van der Waals surface area contributed by atoms with Gasteiger partial charge in [0.25, 0.3) is 0 Å². The average molecular weight is 131 g/mol. The first-order valence-electron chi connectivity index (χ1n) is 3.75. The maximum atomic E-state index is 2.18. The van der Waals surface area contributed by atoms with Crippen LogP contribution in [0, 0.1) is 0 Å². The second-order valence-corrected chi connectivity index (χ2v) is 2.38. The quantitative estimate of drug-likeness (QED) is 0.535. The van der Waals surface area contributed by atoms with Gasteiger partial charge in [0.2, 0.25) is 0 Å². The van der Waals surface area contributed by atoms with Crippen molar-refractivity contribution in [2.24, 2.45) is 0 Å². The Labute approximate surface area is 63.5 Å². The molecule has 10 heavy (non-hydrogen) atoms. The molecule has 0 amide bonds. The summed E-state index contributed by atoms with van der Waals surface area (Å²) in [5, 5.41) is 0. The van der Waals surface area contributed by atoms with Gasteiger partial charge in [0.15, 0.2) is 0 Å². The fourth-order valence-electron chi connectivity index (χ4n) is 0.946. The zero-order valence-electron chi connectivity index (χ0n) is 6.59. The van der Waals surface area contributed by atoms with Crippen LogP contribution in [0.5, 0.6) is 0 Å². The molecule has 0 heterocycles. The Kier molecular flexibility index (Phi) is 2.55. The Balaban J connectivity index is 2.80. The van der Waals surface area contributed by atoms with Crippen molar-refractivity contribution in [1.82, 2.24) is 0 Å². The standard InChI is InChI=1S/C9H12B/c1-3-8-4-6-9(10-2)7-5-8/h4-7H,3H2,1-2H3. The molecule has 0 unspecified atom stereocenters. The molecule has 1 heteroatoms. The monoisotopic (exact) mass is 131 g/mol. The Bertz CT molecular complexity index is 165. The maximum absolute atomic E-state index is 2.18. The summed E-state index contributed by atoms with van der Waals surface area (Å²) in [7, 11) is 2.11. The second kappa shape index (κ2) is 3.45. The number of hydrogen-bond donors (Lipinski definition) is 0. The van der Waals surface area contributed by atoms with Gasteiger partial charge in [-0.2, -0.15) is 0 Å². The van der Waals surface area contributed by atoms with Crippen molar-refractivity contribution < 1.29 is 0 Å². The van der Waals surface area contributed by atoms with Gasteiger partial charge < -0.3 is 0 Å². The van der Waals surface area contributed by atoms with Gasteiger partial charge >= 0.3 is 0 Å². The first kappa shape index (κ1) is 7.39. The molecule has 0 aliphatic rings. The SMILES string of the molecule is C[B]c1ccc(CC)cc1. The first-order valence-corrected chi connectivity index (χ1v) is 3.75. The molecule has 1 aromatic rings. The molecule has 0 aromatic heterocycles. The van der Waals surface area contributed by atoms with Crippen molar-refractivity contribution in [2.75, 3.05) is 0 Å². The van der Waals surface area contributed by atoms with Gasteiger partial charge in [0, 0.05) is 0 Å². The van der Waals surface area contributed by atoms with Gasteiger partial charge in [0.1, 0.15) is 7.28 Å². The lowest BCUT2D eigenvalue weighted by atomic mass is 9.73. The maximum Gasteiger partial charge on any atom is 0.148 e. The van der Waals surface area contributed by atoms with E-state index in [9.17, 15) is 0 Å². The van der Waals surface area contributed by atoms with E-state index in [1.54, 1.807) is 0 Å². The van der Waals surface area contributed by atoms with Crippen molar-refractivity contribution in [2.45, 2.75) is 20.2 Å². The predicted octanol–water partition coefficient (Wildman–Crippen LogP) is 1.63. The molecule has 0 aliphatic carbocycles. The van der Waals surface area contributed by atoms with Crippen LogP contribution in [-0.2, 0) is 6.42 Å². The largest absolute Gasteiger partial charge is 0.148 e. The molecule has 0 atom stereocenters. The van der Waals surface area contributed by atoms with Crippen LogP contribution < -0.4 is 5.46 Å². The molecule has 0 saturated carbocycles. The van der Waals surface area contributed by atoms with Gasteiger partial charge in [-0.15, -0.1) is 0 Å². The third-order valence-corrected chi connectivity index (χ3v) is 1.72. The molecular weight excluding hydrogens is 119 g/mol. The van der Waals surface area contributed by atoms with Crippen molar-refractivity contribution >= 4 is 12.7 Å². The van der Waals surface area contributed by atoms with Gasteiger partial charge in [-0.1, -0.05) is 43.5 Å². The van der Waals surface area contributed by atoms with Gasteiger partial charge in [-0.3, -0.25) is 0 Å². The van der Waals surface area contributed by atoms with E-state index < -0.39 is 0 Å². The molecule has 0 aliphatic heterocycles. The predicted molar refractivity (Wildman–Crippen MR) is 47.1 cm³/mol. The summed E-state index contributed by atoms with van der Waals surface area (Å²) >= 11 is 0. The van der Waals surface area contributed by atoms with Crippen LogP contribution in [0.3, 0.4) is 0 Å². The normalized spacial score (nSPS) is 9.40. The molecule has 0 fully saturated rings. The summed E-state index contributed by atoms with van der Waals surface area (Å²) in [6.07, 6.45) is 1.13. The Morgan fingerprint density at radius 2 is 1.80 bits per heavy atom. The van der Waals surface area contributed by atoms with E-state index >= 15 is 0 Å². The minimum atomic E-state index is 1.13. The lowest BCUT2D eigenvalue weighted by Crippen LogP contribution is -2.08. The lowest BCUT2D eigenvalue weighted by molar-refractivity contribution is 1.14. The summed E-state index contributed by atoms with van der Waals surface area (Å²) < 4.78 is 0. The van der Waals surface area contributed by atoms with Crippen LogP contribution in [0.1, 0.15) is 12.5 Å². The highest BCUT2D eigenvalue weighted by atomic mass is 13.9. The highest BCUT2D eigenvalue weighted by Crippen LogP contribution is 1.96.